The van der Waals surface area contributed by atoms with Crippen molar-refractivity contribution in [2.75, 3.05) is 13.1 Å². The van der Waals surface area contributed by atoms with E-state index in [0.29, 0.717) is 31.6 Å². The van der Waals surface area contributed by atoms with E-state index in [1.54, 1.807) is 34.6 Å². The van der Waals surface area contributed by atoms with Gasteiger partial charge in [-0.25, -0.2) is 0 Å². The zero-order chi connectivity index (χ0) is 21.8. The Morgan fingerprint density at radius 2 is 1.94 bits per heavy atom. The molecule has 0 saturated carbocycles. The van der Waals surface area contributed by atoms with Crippen molar-refractivity contribution in [1.82, 2.24) is 15.2 Å². The maximum absolute atomic E-state index is 13.4. The van der Waals surface area contributed by atoms with E-state index in [-0.39, 0.29) is 17.9 Å². The van der Waals surface area contributed by atoms with Crippen molar-refractivity contribution < 1.29 is 9.59 Å². The number of carbonyl (C=O) groups is 2. The number of aromatic nitrogens is 1. The van der Waals surface area contributed by atoms with Gasteiger partial charge in [-0.2, -0.15) is 0 Å². The third-order valence-corrected chi connectivity index (χ3v) is 6.66. The number of benzene rings is 1. The lowest BCUT2D eigenvalue weighted by Gasteiger charge is -2.30. The number of nitrogens with zero attached hydrogens (tertiary/aromatic N) is 2. The standard InChI is InChI=1S/C25H27N3O2S/c1-18(2)27-24(30)25(12-14-28(17-25)23(29)21-10-5-6-13-26-21)16-19-8-3-4-9-20(19)22-11-7-15-31-22/h3-11,13,15,18H,12,14,16-17H2,1-2H3,(H,27,30)/t25-/m1/s1. The van der Waals surface area contributed by atoms with Crippen molar-refractivity contribution in [3.8, 4) is 10.4 Å². The predicted octanol–water partition coefficient (Wildman–Crippen LogP) is 4.41. The van der Waals surface area contributed by atoms with Crippen molar-refractivity contribution in [3.05, 3.63) is 77.4 Å². The molecule has 1 aromatic carbocycles. The van der Waals surface area contributed by atoms with Gasteiger partial charge in [0.05, 0.1) is 5.41 Å². The van der Waals surface area contributed by atoms with Gasteiger partial charge in [-0.3, -0.25) is 14.6 Å². The van der Waals surface area contributed by atoms with Crippen LogP contribution < -0.4 is 5.32 Å². The summed E-state index contributed by atoms with van der Waals surface area (Å²) in [4.78, 5) is 33.6. The Balaban J connectivity index is 1.65. The van der Waals surface area contributed by atoms with E-state index in [4.69, 9.17) is 0 Å². The molecule has 2 amide bonds. The Kier molecular flexibility index (Phi) is 6.18. The first-order valence-corrected chi connectivity index (χ1v) is 11.5. The first-order chi connectivity index (χ1) is 15.0. The molecule has 2 aromatic heterocycles. The fourth-order valence-corrected chi connectivity index (χ4v) is 5.02. The number of hydrogen-bond donors (Lipinski definition) is 1. The van der Waals surface area contributed by atoms with Crippen LogP contribution in [-0.2, 0) is 11.2 Å². The molecule has 1 saturated heterocycles. The topological polar surface area (TPSA) is 62.3 Å². The molecule has 1 aliphatic heterocycles. The summed E-state index contributed by atoms with van der Waals surface area (Å²) in [6, 6.07) is 17.8. The van der Waals surface area contributed by atoms with Crippen LogP contribution in [0.15, 0.2) is 66.2 Å². The molecule has 1 fully saturated rings. The van der Waals surface area contributed by atoms with Gasteiger partial charge in [-0.15, -0.1) is 11.3 Å². The average molecular weight is 434 g/mol. The molecule has 4 rings (SSSR count). The molecule has 1 aliphatic rings. The number of nitrogens with one attached hydrogen (secondary N) is 1. The number of hydrogen-bond acceptors (Lipinski definition) is 4. The van der Waals surface area contributed by atoms with Gasteiger partial charge in [0.15, 0.2) is 0 Å². The smallest absolute Gasteiger partial charge is 0.272 e. The first kappa shape index (κ1) is 21.2. The summed E-state index contributed by atoms with van der Waals surface area (Å²) in [7, 11) is 0. The summed E-state index contributed by atoms with van der Waals surface area (Å²) < 4.78 is 0. The van der Waals surface area contributed by atoms with Gasteiger partial charge < -0.3 is 10.2 Å². The third-order valence-electron chi connectivity index (χ3n) is 5.76. The number of rotatable bonds is 6. The normalized spacial score (nSPS) is 18.4. The number of pyridine rings is 1. The lowest BCUT2D eigenvalue weighted by molar-refractivity contribution is -0.130. The fourth-order valence-electron chi connectivity index (χ4n) is 4.23. The highest BCUT2D eigenvalue weighted by Crippen LogP contribution is 2.39. The molecular formula is C25H27N3O2S. The van der Waals surface area contributed by atoms with Crippen molar-refractivity contribution in [1.29, 1.82) is 0 Å². The van der Waals surface area contributed by atoms with Crippen LogP contribution in [0.3, 0.4) is 0 Å². The van der Waals surface area contributed by atoms with Crippen LogP contribution in [0.1, 0.15) is 36.3 Å². The molecule has 0 aliphatic carbocycles. The van der Waals surface area contributed by atoms with Gasteiger partial charge >= 0.3 is 0 Å². The van der Waals surface area contributed by atoms with Gasteiger partial charge in [0.25, 0.3) is 5.91 Å². The van der Waals surface area contributed by atoms with Gasteiger partial charge in [0.2, 0.25) is 5.91 Å². The molecule has 3 aromatic rings. The SMILES string of the molecule is CC(C)NC(=O)[C@@]1(Cc2ccccc2-c2cccs2)CCN(C(=O)c2ccccn2)C1. The zero-order valence-electron chi connectivity index (χ0n) is 17.9. The predicted molar refractivity (Wildman–Crippen MR) is 124 cm³/mol. The molecule has 0 unspecified atom stereocenters. The monoisotopic (exact) mass is 433 g/mol. The first-order valence-electron chi connectivity index (χ1n) is 10.6. The van der Waals surface area contributed by atoms with Crippen LogP contribution in [0.2, 0.25) is 0 Å². The van der Waals surface area contributed by atoms with Crippen molar-refractivity contribution in [3.63, 3.8) is 0 Å². The van der Waals surface area contributed by atoms with Gasteiger partial charge in [0, 0.05) is 30.2 Å². The quantitative estimate of drug-likeness (QED) is 0.626. The molecule has 1 atom stereocenters. The minimum absolute atomic E-state index is 0.0137. The minimum Gasteiger partial charge on any atom is -0.353 e. The summed E-state index contributed by atoms with van der Waals surface area (Å²) in [5.74, 6) is -0.105. The highest BCUT2D eigenvalue weighted by atomic mass is 32.1. The maximum Gasteiger partial charge on any atom is 0.272 e. The minimum atomic E-state index is -0.665. The molecule has 3 heterocycles. The Bertz CT molecular complexity index is 1050. The number of carbonyl (C=O) groups excluding carboxylic acids is 2. The van der Waals surface area contributed by atoms with Gasteiger partial charge in [0.1, 0.15) is 5.69 Å². The van der Waals surface area contributed by atoms with E-state index >= 15 is 0 Å². The van der Waals surface area contributed by atoms with Crippen molar-refractivity contribution in [2.24, 2.45) is 5.41 Å². The van der Waals surface area contributed by atoms with E-state index < -0.39 is 5.41 Å². The zero-order valence-corrected chi connectivity index (χ0v) is 18.7. The summed E-state index contributed by atoms with van der Waals surface area (Å²) in [5.41, 5.74) is 2.04. The highest BCUT2D eigenvalue weighted by Gasteiger charge is 2.46. The summed E-state index contributed by atoms with van der Waals surface area (Å²) in [6.07, 6.45) is 2.84. The third kappa shape index (κ3) is 4.54. The number of likely N-dealkylation sites (tertiary alicyclic amines) is 1. The molecule has 0 spiro atoms. The van der Waals surface area contributed by atoms with Crippen LogP contribution in [0.25, 0.3) is 10.4 Å². The number of thiophene rings is 1. The van der Waals surface area contributed by atoms with E-state index in [1.165, 1.54) is 4.88 Å². The largest absolute Gasteiger partial charge is 0.353 e. The van der Waals surface area contributed by atoms with E-state index in [0.717, 1.165) is 11.1 Å². The van der Waals surface area contributed by atoms with Crippen molar-refractivity contribution >= 4 is 23.2 Å². The van der Waals surface area contributed by atoms with Crippen LogP contribution in [0.5, 0.6) is 0 Å². The summed E-state index contributed by atoms with van der Waals surface area (Å²) in [6.45, 7) is 4.87. The highest BCUT2D eigenvalue weighted by molar-refractivity contribution is 7.13. The molecular weight excluding hydrogens is 406 g/mol. The lowest BCUT2D eigenvalue weighted by atomic mass is 9.78. The average Bonchev–Trinajstić information content (AvgIpc) is 3.45. The molecule has 6 heteroatoms. The molecule has 160 valence electrons. The van der Waals surface area contributed by atoms with Crippen molar-refractivity contribution in [2.45, 2.75) is 32.7 Å². The van der Waals surface area contributed by atoms with Gasteiger partial charge in [-0.05, 0) is 61.4 Å². The number of amides is 2. The fraction of sp³-hybridized carbons (Fsp3) is 0.320. The van der Waals surface area contributed by atoms with Crippen LogP contribution in [0, 0.1) is 5.41 Å². The molecule has 31 heavy (non-hydrogen) atoms. The van der Waals surface area contributed by atoms with E-state index in [9.17, 15) is 9.59 Å². The van der Waals surface area contributed by atoms with E-state index in [2.05, 4.69) is 33.9 Å². The second kappa shape index (κ2) is 9.02. The second-order valence-electron chi connectivity index (χ2n) is 8.41. The Morgan fingerprint density at radius 1 is 1.13 bits per heavy atom. The molecule has 0 bridgehead atoms. The molecule has 0 radical (unpaired) electrons. The van der Waals surface area contributed by atoms with E-state index in [1.807, 2.05) is 38.1 Å². The van der Waals surface area contributed by atoms with Gasteiger partial charge in [-0.1, -0.05) is 36.4 Å². The lowest BCUT2D eigenvalue weighted by Crippen LogP contribution is -2.47. The van der Waals surface area contributed by atoms with Crippen LogP contribution in [-0.4, -0.2) is 40.8 Å². The Morgan fingerprint density at radius 3 is 2.65 bits per heavy atom. The second-order valence-corrected chi connectivity index (χ2v) is 9.36. The van der Waals surface area contributed by atoms with Crippen LogP contribution in [0.4, 0.5) is 0 Å². The molecule has 1 N–H and O–H groups in total. The summed E-state index contributed by atoms with van der Waals surface area (Å²) in [5, 5.41) is 5.17. The Labute approximate surface area is 187 Å². The maximum atomic E-state index is 13.4. The Hall–Kier alpha value is -2.99. The van der Waals surface area contributed by atoms with Crippen LogP contribution >= 0.6 is 11.3 Å². The summed E-state index contributed by atoms with van der Waals surface area (Å²) >= 11 is 1.70. The molecule has 5 nitrogen and oxygen atoms in total.